The van der Waals surface area contributed by atoms with Gasteiger partial charge in [-0.2, -0.15) is 0 Å². The van der Waals surface area contributed by atoms with E-state index in [1.54, 1.807) is 29.2 Å². The molecule has 2 aliphatic heterocycles. The molecule has 1 saturated heterocycles. The zero-order valence-electron chi connectivity index (χ0n) is 13.6. The third-order valence-electron chi connectivity index (χ3n) is 4.83. The number of nitrogens with one attached hydrogen (secondary N) is 1. The Morgan fingerprint density at radius 3 is 2.68 bits per heavy atom. The maximum Gasteiger partial charge on any atom is 0.322 e. The molecule has 5 nitrogen and oxygen atoms in total. The summed E-state index contributed by atoms with van der Waals surface area (Å²) < 4.78 is 0. The fourth-order valence-electron chi connectivity index (χ4n) is 3.56. The first-order valence-electron chi connectivity index (χ1n) is 8.30. The van der Waals surface area contributed by atoms with Gasteiger partial charge in [0.15, 0.2) is 0 Å². The lowest BCUT2D eigenvalue weighted by molar-refractivity contribution is -0.139. The van der Waals surface area contributed by atoms with Crippen molar-refractivity contribution in [2.24, 2.45) is 0 Å². The highest BCUT2D eigenvalue weighted by atomic mass is 35.5. The molecule has 0 spiro atoms. The zero-order chi connectivity index (χ0) is 17.4. The standard InChI is InChI=1S/C19H18ClN3O2/c20-14-5-7-15(8-6-14)21-19(25)22-11-17-16-4-2-1-3-13(16)9-10-23(17)18(24)12-22/h1-8,17H,9-12H2,(H,21,25)/t17-/m1/s1. The Kier molecular flexibility index (Phi) is 4.09. The third-order valence-corrected chi connectivity index (χ3v) is 5.09. The van der Waals surface area contributed by atoms with Crippen molar-refractivity contribution in [2.75, 3.05) is 25.0 Å². The van der Waals surface area contributed by atoms with Crippen molar-refractivity contribution >= 4 is 29.2 Å². The second kappa shape index (κ2) is 6.41. The van der Waals surface area contributed by atoms with Gasteiger partial charge < -0.3 is 15.1 Å². The molecule has 1 N–H and O–H groups in total. The molecule has 0 bridgehead atoms. The largest absolute Gasteiger partial charge is 0.332 e. The first-order chi connectivity index (χ1) is 12.1. The Bertz CT molecular complexity index is 822. The molecule has 2 aromatic carbocycles. The van der Waals surface area contributed by atoms with E-state index < -0.39 is 0 Å². The van der Waals surface area contributed by atoms with Crippen LogP contribution in [0.15, 0.2) is 48.5 Å². The van der Waals surface area contributed by atoms with E-state index in [1.807, 2.05) is 17.0 Å². The molecule has 0 saturated carbocycles. The molecule has 2 aliphatic rings. The second-order valence-electron chi connectivity index (χ2n) is 6.37. The first kappa shape index (κ1) is 16.0. The maximum atomic E-state index is 12.6. The van der Waals surface area contributed by atoms with Crippen molar-refractivity contribution < 1.29 is 9.59 Å². The molecule has 0 unspecified atom stereocenters. The lowest BCUT2D eigenvalue weighted by atomic mass is 9.91. The number of piperazine rings is 1. The zero-order valence-corrected chi connectivity index (χ0v) is 14.4. The number of amides is 3. The van der Waals surface area contributed by atoms with Crippen LogP contribution in [-0.4, -0.2) is 41.4 Å². The fraction of sp³-hybridized carbons (Fsp3) is 0.263. The van der Waals surface area contributed by atoms with E-state index in [0.29, 0.717) is 23.8 Å². The van der Waals surface area contributed by atoms with Gasteiger partial charge in [0.05, 0.1) is 6.04 Å². The van der Waals surface area contributed by atoms with Crippen molar-refractivity contribution in [1.29, 1.82) is 0 Å². The second-order valence-corrected chi connectivity index (χ2v) is 6.81. The molecule has 6 heteroatoms. The summed E-state index contributed by atoms with van der Waals surface area (Å²) in [4.78, 5) is 28.6. The van der Waals surface area contributed by atoms with Crippen LogP contribution in [0.3, 0.4) is 0 Å². The predicted molar refractivity (Wildman–Crippen MR) is 96.6 cm³/mol. The topological polar surface area (TPSA) is 52.7 Å². The van der Waals surface area contributed by atoms with Gasteiger partial charge in [-0.25, -0.2) is 4.79 Å². The highest BCUT2D eigenvalue weighted by Crippen LogP contribution is 2.33. The first-order valence-corrected chi connectivity index (χ1v) is 8.68. The van der Waals surface area contributed by atoms with Crippen LogP contribution in [0.4, 0.5) is 10.5 Å². The number of carbonyl (C=O) groups excluding carboxylic acids is 2. The number of anilines is 1. The molecule has 3 amide bonds. The SMILES string of the molecule is O=C(Nc1ccc(Cl)cc1)N1CC(=O)N2CCc3ccccc3[C@H]2C1. The number of halogens is 1. The average Bonchev–Trinajstić information content (AvgIpc) is 2.63. The van der Waals surface area contributed by atoms with E-state index in [9.17, 15) is 9.59 Å². The number of nitrogens with zero attached hydrogens (tertiary/aromatic N) is 2. The van der Waals surface area contributed by atoms with Crippen LogP contribution < -0.4 is 5.32 Å². The van der Waals surface area contributed by atoms with Crippen LogP contribution in [0.25, 0.3) is 0 Å². The number of hydrogen-bond donors (Lipinski definition) is 1. The molecular formula is C19H18ClN3O2. The molecule has 128 valence electrons. The van der Waals surface area contributed by atoms with Gasteiger partial charge in [0.2, 0.25) is 5.91 Å². The number of hydrogen-bond acceptors (Lipinski definition) is 2. The van der Waals surface area contributed by atoms with Gasteiger partial charge in [-0.15, -0.1) is 0 Å². The third kappa shape index (κ3) is 3.07. The highest BCUT2D eigenvalue weighted by Gasteiger charge is 2.38. The Labute approximate surface area is 151 Å². The number of urea groups is 1. The van der Waals surface area contributed by atoms with E-state index in [-0.39, 0.29) is 24.5 Å². The maximum absolute atomic E-state index is 12.6. The van der Waals surface area contributed by atoms with Gasteiger partial charge in [0.1, 0.15) is 6.54 Å². The smallest absolute Gasteiger partial charge is 0.322 e. The van der Waals surface area contributed by atoms with Crippen LogP contribution >= 0.6 is 11.6 Å². The summed E-state index contributed by atoms with van der Waals surface area (Å²) in [5.74, 6) is -0.00277. The normalized spacial score (nSPS) is 19.2. The Hall–Kier alpha value is -2.53. The molecule has 1 fully saturated rings. The van der Waals surface area contributed by atoms with E-state index in [4.69, 9.17) is 11.6 Å². The van der Waals surface area contributed by atoms with Crippen molar-refractivity contribution in [3.05, 3.63) is 64.7 Å². The Morgan fingerprint density at radius 2 is 1.88 bits per heavy atom. The molecule has 4 rings (SSSR count). The van der Waals surface area contributed by atoms with Gasteiger partial charge in [-0.05, 0) is 41.8 Å². The van der Waals surface area contributed by atoms with Gasteiger partial charge in [-0.1, -0.05) is 35.9 Å². The van der Waals surface area contributed by atoms with Crippen LogP contribution in [0.2, 0.25) is 5.02 Å². The summed E-state index contributed by atoms with van der Waals surface area (Å²) in [5.41, 5.74) is 3.07. The van der Waals surface area contributed by atoms with Crippen LogP contribution in [0.5, 0.6) is 0 Å². The summed E-state index contributed by atoms with van der Waals surface area (Å²) in [6.45, 7) is 1.33. The van der Waals surface area contributed by atoms with Crippen LogP contribution in [-0.2, 0) is 11.2 Å². The quantitative estimate of drug-likeness (QED) is 0.853. The molecular weight excluding hydrogens is 338 g/mol. The minimum Gasteiger partial charge on any atom is -0.332 e. The molecule has 0 radical (unpaired) electrons. The summed E-state index contributed by atoms with van der Waals surface area (Å²) in [6.07, 6.45) is 0.870. The highest BCUT2D eigenvalue weighted by molar-refractivity contribution is 6.30. The molecule has 1 atom stereocenters. The monoisotopic (exact) mass is 355 g/mol. The Balaban J connectivity index is 1.54. The number of benzene rings is 2. The van der Waals surface area contributed by atoms with E-state index in [1.165, 1.54) is 5.56 Å². The summed E-state index contributed by atoms with van der Waals surface area (Å²) in [6, 6.07) is 14.8. The average molecular weight is 356 g/mol. The molecule has 2 aromatic rings. The molecule has 0 aliphatic carbocycles. The van der Waals surface area contributed by atoms with Gasteiger partial charge in [-0.3, -0.25) is 4.79 Å². The van der Waals surface area contributed by atoms with Crippen LogP contribution in [0.1, 0.15) is 17.2 Å². The molecule has 0 aromatic heterocycles. The van der Waals surface area contributed by atoms with Crippen molar-refractivity contribution in [3.63, 3.8) is 0 Å². The van der Waals surface area contributed by atoms with E-state index in [0.717, 1.165) is 12.0 Å². The number of carbonyl (C=O) groups is 2. The number of fused-ring (bicyclic) bond motifs is 3. The van der Waals surface area contributed by atoms with Crippen LogP contribution in [0, 0.1) is 0 Å². The van der Waals surface area contributed by atoms with E-state index in [2.05, 4.69) is 17.4 Å². The summed E-state index contributed by atoms with van der Waals surface area (Å²) >= 11 is 5.87. The van der Waals surface area contributed by atoms with Gasteiger partial charge in [0.25, 0.3) is 0 Å². The molecule has 2 heterocycles. The minimum atomic E-state index is -0.265. The minimum absolute atomic E-state index is 0.00277. The van der Waals surface area contributed by atoms with Crippen molar-refractivity contribution in [1.82, 2.24) is 9.80 Å². The van der Waals surface area contributed by atoms with Crippen molar-refractivity contribution in [3.8, 4) is 0 Å². The summed E-state index contributed by atoms with van der Waals surface area (Å²) in [5, 5.41) is 3.45. The number of rotatable bonds is 1. The van der Waals surface area contributed by atoms with Crippen molar-refractivity contribution in [2.45, 2.75) is 12.5 Å². The predicted octanol–water partition coefficient (Wildman–Crippen LogP) is 3.31. The lowest BCUT2D eigenvalue weighted by Gasteiger charge is -2.44. The fourth-order valence-corrected chi connectivity index (χ4v) is 3.69. The Morgan fingerprint density at radius 1 is 1.12 bits per heavy atom. The lowest BCUT2D eigenvalue weighted by Crippen LogP contribution is -2.56. The summed E-state index contributed by atoms with van der Waals surface area (Å²) in [7, 11) is 0. The van der Waals surface area contributed by atoms with Gasteiger partial charge in [0, 0.05) is 23.8 Å². The molecule has 25 heavy (non-hydrogen) atoms. The van der Waals surface area contributed by atoms with E-state index >= 15 is 0 Å². The van der Waals surface area contributed by atoms with Gasteiger partial charge >= 0.3 is 6.03 Å².